The lowest BCUT2D eigenvalue weighted by Crippen LogP contribution is -2.02. The average molecular weight is 274 g/mol. The van der Waals surface area contributed by atoms with Gasteiger partial charge in [0.15, 0.2) is 5.13 Å². The molecule has 0 amide bonds. The zero-order chi connectivity index (χ0) is 13.2. The van der Waals surface area contributed by atoms with Crippen LogP contribution in [0.2, 0.25) is 0 Å². The lowest BCUT2D eigenvalue weighted by molar-refractivity contribution is 0.415. The molecule has 1 aliphatic rings. The summed E-state index contributed by atoms with van der Waals surface area (Å²) in [6.07, 6.45) is 3.32. The molecule has 0 spiro atoms. The molecular formula is C15H18N2OS. The summed E-state index contributed by atoms with van der Waals surface area (Å²) in [5.74, 6) is 0.905. The smallest absolute Gasteiger partial charge is 0.183 e. The molecule has 19 heavy (non-hydrogen) atoms. The number of benzene rings is 1. The van der Waals surface area contributed by atoms with Crippen molar-refractivity contribution in [2.75, 3.05) is 19.0 Å². The van der Waals surface area contributed by atoms with Crippen molar-refractivity contribution >= 4 is 16.5 Å². The van der Waals surface area contributed by atoms with E-state index in [9.17, 15) is 0 Å². The van der Waals surface area contributed by atoms with Gasteiger partial charge < -0.3 is 10.1 Å². The summed E-state index contributed by atoms with van der Waals surface area (Å²) in [4.78, 5) is 6.15. The Kier molecular flexibility index (Phi) is 3.42. The number of hydrogen-bond donors (Lipinski definition) is 1. The minimum atomic E-state index is 0.905. The number of thiazole rings is 1. The van der Waals surface area contributed by atoms with Crippen LogP contribution in [-0.2, 0) is 12.8 Å². The van der Waals surface area contributed by atoms with Crippen LogP contribution >= 0.6 is 11.3 Å². The Morgan fingerprint density at radius 3 is 3.05 bits per heavy atom. The van der Waals surface area contributed by atoms with Crippen molar-refractivity contribution in [2.45, 2.75) is 26.2 Å². The van der Waals surface area contributed by atoms with Crippen molar-refractivity contribution in [3.63, 3.8) is 0 Å². The van der Waals surface area contributed by atoms with Gasteiger partial charge in [-0.1, -0.05) is 13.0 Å². The number of aryl methyl sites for hydroxylation is 2. The highest BCUT2D eigenvalue weighted by Gasteiger charge is 2.21. The Labute approximate surface area is 117 Å². The Balaban J connectivity index is 1.99. The Hall–Kier alpha value is -1.55. The zero-order valence-corrected chi connectivity index (χ0v) is 12.1. The number of methoxy groups -OCH3 is 1. The van der Waals surface area contributed by atoms with E-state index in [4.69, 9.17) is 9.72 Å². The SMILES string of the molecule is CCCNc1nc2c(s1)CCc1ccc(OC)cc1-2. The first-order chi connectivity index (χ1) is 9.31. The molecule has 1 heterocycles. The molecule has 0 atom stereocenters. The van der Waals surface area contributed by atoms with Gasteiger partial charge in [-0.25, -0.2) is 4.98 Å². The standard InChI is InChI=1S/C15H18N2OS/c1-3-8-16-15-17-14-12-9-11(18-2)6-4-10(12)5-7-13(14)19-15/h4,6,9H,3,5,7-8H2,1-2H3,(H,16,17). The Bertz CT molecular complexity index is 592. The van der Waals surface area contributed by atoms with E-state index >= 15 is 0 Å². The van der Waals surface area contributed by atoms with Crippen molar-refractivity contribution in [2.24, 2.45) is 0 Å². The molecule has 2 aromatic rings. The van der Waals surface area contributed by atoms with Crippen LogP contribution in [0.4, 0.5) is 5.13 Å². The number of aromatic nitrogens is 1. The minimum absolute atomic E-state index is 0.905. The average Bonchev–Trinajstić information content (AvgIpc) is 2.87. The summed E-state index contributed by atoms with van der Waals surface area (Å²) in [5, 5.41) is 4.43. The van der Waals surface area contributed by atoms with Crippen LogP contribution in [-0.4, -0.2) is 18.6 Å². The van der Waals surface area contributed by atoms with E-state index in [1.165, 1.54) is 16.0 Å². The third-order valence-corrected chi connectivity index (χ3v) is 4.49. The highest BCUT2D eigenvalue weighted by molar-refractivity contribution is 7.16. The van der Waals surface area contributed by atoms with Crippen molar-refractivity contribution in [3.05, 3.63) is 28.6 Å². The topological polar surface area (TPSA) is 34.2 Å². The monoisotopic (exact) mass is 274 g/mol. The molecule has 0 saturated carbocycles. The largest absolute Gasteiger partial charge is 0.497 e. The predicted molar refractivity (Wildman–Crippen MR) is 80.3 cm³/mol. The molecule has 0 bridgehead atoms. The van der Waals surface area contributed by atoms with E-state index in [0.29, 0.717) is 0 Å². The third kappa shape index (κ3) is 2.32. The summed E-state index contributed by atoms with van der Waals surface area (Å²) in [7, 11) is 1.71. The van der Waals surface area contributed by atoms with Crippen LogP contribution in [0.15, 0.2) is 18.2 Å². The van der Waals surface area contributed by atoms with Crippen molar-refractivity contribution in [3.8, 4) is 17.0 Å². The zero-order valence-electron chi connectivity index (χ0n) is 11.3. The van der Waals surface area contributed by atoms with Crippen LogP contribution in [0.3, 0.4) is 0 Å². The number of rotatable bonds is 4. The second-order valence-corrected chi connectivity index (χ2v) is 5.82. The van der Waals surface area contributed by atoms with E-state index in [0.717, 1.165) is 42.4 Å². The van der Waals surface area contributed by atoms with E-state index in [1.54, 1.807) is 18.4 Å². The van der Waals surface area contributed by atoms with Gasteiger partial charge in [0.1, 0.15) is 5.75 Å². The molecular weight excluding hydrogens is 256 g/mol. The van der Waals surface area contributed by atoms with Crippen LogP contribution in [0.1, 0.15) is 23.8 Å². The molecule has 1 aliphatic carbocycles. The molecule has 0 aliphatic heterocycles. The highest BCUT2D eigenvalue weighted by atomic mass is 32.1. The number of nitrogens with one attached hydrogen (secondary N) is 1. The van der Waals surface area contributed by atoms with E-state index in [-0.39, 0.29) is 0 Å². The Morgan fingerprint density at radius 2 is 2.26 bits per heavy atom. The molecule has 0 unspecified atom stereocenters. The highest BCUT2D eigenvalue weighted by Crippen LogP contribution is 2.39. The first-order valence-electron chi connectivity index (χ1n) is 6.72. The van der Waals surface area contributed by atoms with Gasteiger partial charge in [-0.2, -0.15) is 0 Å². The van der Waals surface area contributed by atoms with E-state index in [2.05, 4.69) is 24.4 Å². The first-order valence-corrected chi connectivity index (χ1v) is 7.54. The van der Waals surface area contributed by atoms with Crippen LogP contribution in [0.25, 0.3) is 11.3 Å². The number of nitrogens with zero attached hydrogens (tertiary/aromatic N) is 1. The fraction of sp³-hybridized carbons (Fsp3) is 0.400. The van der Waals surface area contributed by atoms with Crippen molar-refractivity contribution < 1.29 is 4.74 Å². The molecule has 0 fully saturated rings. The Morgan fingerprint density at radius 1 is 1.37 bits per heavy atom. The van der Waals surface area contributed by atoms with Gasteiger partial charge >= 0.3 is 0 Å². The molecule has 0 saturated heterocycles. The molecule has 1 N–H and O–H groups in total. The summed E-state index contributed by atoms with van der Waals surface area (Å²) >= 11 is 1.79. The summed E-state index contributed by atoms with van der Waals surface area (Å²) in [5.41, 5.74) is 3.76. The summed E-state index contributed by atoms with van der Waals surface area (Å²) in [6.45, 7) is 3.15. The van der Waals surface area contributed by atoms with Gasteiger partial charge in [0.05, 0.1) is 12.8 Å². The molecule has 0 radical (unpaired) electrons. The van der Waals surface area contributed by atoms with Crippen molar-refractivity contribution in [1.82, 2.24) is 4.98 Å². The van der Waals surface area contributed by atoms with E-state index < -0.39 is 0 Å². The number of ether oxygens (including phenoxy) is 1. The van der Waals surface area contributed by atoms with Crippen LogP contribution in [0, 0.1) is 0 Å². The van der Waals surface area contributed by atoms with Crippen LogP contribution < -0.4 is 10.1 Å². The lowest BCUT2D eigenvalue weighted by atomic mass is 9.93. The van der Waals surface area contributed by atoms with Gasteiger partial charge in [-0.05, 0) is 37.0 Å². The first kappa shape index (κ1) is 12.5. The fourth-order valence-corrected chi connectivity index (χ4v) is 3.41. The summed E-state index contributed by atoms with van der Waals surface area (Å²) < 4.78 is 5.33. The second-order valence-electron chi connectivity index (χ2n) is 4.74. The van der Waals surface area contributed by atoms with Gasteiger partial charge in [-0.15, -0.1) is 11.3 Å². The van der Waals surface area contributed by atoms with Gasteiger partial charge in [0.25, 0.3) is 0 Å². The quantitative estimate of drug-likeness (QED) is 0.922. The maximum atomic E-state index is 5.33. The maximum absolute atomic E-state index is 5.33. The molecule has 3 rings (SSSR count). The number of anilines is 1. The summed E-state index contributed by atoms with van der Waals surface area (Å²) in [6, 6.07) is 6.30. The maximum Gasteiger partial charge on any atom is 0.183 e. The number of fused-ring (bicyclic) bond motifs is 3. The third-order valence-electron chi connectivity index (χ3n) is 3.42. The molecule has 1 aromatic heterocycles. The van der Waals surface area contributed by atoms with Gasteiger partial charge in [-0.3, -0.25) is 0 Å². The predicted octanol–water partition coefficient (Wildman–Crippen LogP) is 3.74. The molecule has 4 heteroatoms. The fourth-order valence-electron chi connectivity index (χ4n) is 2.41. The van der Waals surface area contributed by atoms with Gasteiger partial charge in [0, 0.05) is 17.0 Å². The molecule has 3 nitrogen and oxygen atoms in total. The molecule has 100 valence electrons. The van der Waals surface area contributed by atoms with Crippen molar-refractivity contribution in [1.29, 1.82) is 0 Å². The number of hydrogen-bond acceptors (Lipinski definition) is 4. The lowest BCUT2D eigenvalue weighted by Gasteiger charge is -2.15. The molecule has 1 aromatic carbocycles. The van der Waals surface area contributed by atoms with Crippen LogP contribution in [0.5, 0.6) is 5.75 Å². The normalized spacial score (nSPS) is 12.7. The second kappa shape index (κ2) is 5.21. The van der Waals surface area contributed by atoms with E-state index in [1.807, 2.05) is 6.07 Å². The van der Waals surface area contributed by atoms with Gasteiger partial charge in [0.2, 0.25) is 0 Å². The minimum Gasteiger partial charge on any atom is -0.497 e.